The third kappa shape index (κ3) is 5.12. The Morgan fingerprint density at radius 3 is 2.72 bits per heavy atom. The molecule has 1 aliphatic heterocycles. The Labute approximate surface area is 184 Å². The normalized spacial score (nSPS) is 13.8. The summed E-state index contributed by atoms with van der Waals surface area (Å²) in [7, 11) is -3.78. The number of furan rings is 1. The molecular weight excluding hydrogens is 433 g/mol. The summed E-state index contributed by atoms with van der Waals surface area (Å²) in [5, 5.41) is 2.62. The Morgan fingerprint density at radius 2 is 1.94 bits per heavy atom. The zero-order valence-electron chi connectivity index (χ0n) is 16.9. The summed E-state index contributed by atoms with van der Waals surface area (Å²) in [6, 6.07) is 15.4. The van der Waals surface area contributed by atoms with Gasteiger partial charge in [0.15, 0.2) is 0 Å². The number of carbonyl (C=O) groups excluding carboxylic acids is 1. The topological polar surface area (TPSA) is 101 Å². The lowest BCUT2D eigenvalue weighted by Gasteiger charge is -2.09. The lowest BCUT2D eigenvalue weighted by molar-refractivity contribution is -0.111. The second-order valence-corrected chi connectivity index (χ2v) is 8.75. The van der Waals surface area contributed by atoms with Crippen LogP contribution in [-0.2, 0) is 14.8 Å². The summed E-state index contributed by atoms with van der Waals surface area (Å²) in [6.45, 7) is 0.609. The number of hydrogen-bond acceptors (Lipinski definition) is 5. The van der Waals surface area contributed by atoms with E-state index in [1.807, 2.05) is 0 Å². The smallest absolute Gasteiger partial charge is 0.262 e. The largest absolute Gasteiger partial charge is 0.457 e. The van der Waals surface area contributed by atoms with Gasteiger partial charge < -0.3 is 9.73 Å². The molecule has 1 aromatic heterocycles. The van der Waals surface area contributed by atoms with Crippen molar-refractivity contribution in [1.29, 1.82) is 0 Å². The molecule has 0 fully saturated rings. The number of aliphatic imine (C=N–C) groups is 1. The molecule has 32 heavy (non-hydrogen) atoms. The molecule has 1 aliphatic rings. The first-order chi connectivity index (χ1) is 15.4. The van der Waals surface area contributed by atoms with Crippen LogP contribution in [0.2, 0.25) is 0 Å². The average Bonchev–Trinajstić information content (AvgIpc) is 3.45. The molecule has 164 valence electrons. The minimum absolute atomic E-state index is 0.0226. The Morgan fingerprint density at radius 1 is 1.09 bits per heavy atom. The molecule has 0 spiro atoms. The fraction of sp³-hybridized carbons (Fsp3) is 0.130. The maximum absolute atomic E-state index is 13.9. The third-order valence-corrected chi connectivity index (χ3v) is 6.08. The molecule has 0 atom stereocenters. The second-order valence-electron chi connectivity index (χ2n) is 7.07. The number of carbonyl (C=O) groups is 1. The van der Waals surface area contributed by atoms with Gasteiger partial charge >= 0.3 is 0 Å². The predicted octanol–water partition coefficient (Wildman–Crippen LogP) is 4.21. The van der Waals surface area contributed by atoms with Crippen LogP contribution in [0.15, 0.2) is 81.0 Å². The van der Waals surface area contributed by atoms with Gasteiger partial charge in [-0.3, -0.25) is 14.5 Å². The monoisotopic (exact) mass is 453 g/mol. The molecule has 9 heteroatoms. The van der Waals surface area contributed by atoms with Crippen LogP contribution in [0.1, 0.15) is 18.6 Å². The van der Waals surface area contributed by atoms with Gasteiger partial charge in [-0.05, 0) is 55.0 Å². The molecule has 0 unspecified atom stereocenters. The molecule has 2 N–H and O–H groups in total. The SMILES string of the molecule is O=C(C=Cc1ccc(-c2ccccc2F)o1)Nc1cccc(S(=O)(=O)NC2=NCCC2)c1. The number of hydrogen-bond donors (Lipinski definition) is 2. The van der Waals surface area contributed by atoms with Crippen molar-refractivity contribution in [1.82, 2.24) is 4.72 Å². The van der Waals surface area contributed by atoms with Crippen LogP contribution >= 0.6 is 0 Å². The van der Waals surface area contributed by atoms with Crippen LogP contribution in [-0.4, -0.2) is 26.7 Å². The molecule has 0 radical (unpaired) electrons. The minimum Gasteiger partial charge on any atom is -0.457 e. The standard InChI is InChI=1S/C23H20FN3O4S/c24-20-8-2-1-7-19(20)21-12-10-17(31-21)11-13-23(28)26-16-5-3-6-18(15-16)32(29,30)27-22-9-4-14-25-22/h1-3,5-8,10-13,15H,4,9,14H2,(H,25,27)(H,26,28). The number of benzene rings is 2. The van der Waals surface area contributed by atoms with Gasteiger partial charge in [-0.25, -0.2) is 12.8 Å². The highest BCUT2D eigenvalue weighted by molar-refractivity contribution is 7.90. The van der Waals surface area contributed by atoms with Gasteiger partial charge in [-0.15, -0.1) is 0 Å². The van der Waals surface area contributed by atoms with Crippen LogP contribution in [0.25, 0.3) is 17.4 Å². The second kappa shape index (κ2) is 9.19. The van der Waals surface area contributed by atoms with Crippen LogP contribution in [0.4, 0.5) is 10.1 Å². The number of nitrogens with one attached hydrogen (secondary N) is 2. The maximum atomic E-state index is 13.9. The Hall–Kier alpha value is -3.72. The van der Waals surface area contributed by atoms with E-state index in [2.05, 4.69) is 15.0 Å². The van der Waals surface area contributed by atoms with E-state index >= 15 is 0 Å². The number of amidine groups is 1. The Kier molecular flexibility index (Phi) is 6.18. The van der Waals surface area contributed by atoms with Crippen LogP contribution in [0.5, 0.6) is 0 Å². The van der Waals surface area contributed by atoms with Crippen molar-refractivity contribution < 1.29 is 22.0 Å². The minimum atomic E-state index is -3.78. The average molecular weight is 453 g/mol. The first-order valence-corrected chi connectivity index (χ1v) is 11.4. The van der Waals surface area contributed by atoms with Crippen molar-refractivity contribution in [3.8, 4) is 11.3 Å². The van der Waals surface area contributed by atoms with Crippen LogP contribution in [0, 0.1) is 5.82 Å². The quantitative estimate of drug-likeness (QED) is 0.546. The summed E-state index contributed by atoms with van der Waals surface area (Å²) in [5.41, 5.74) is 0.647. The molecule has 2 aromatic carbocycles. The lowest BCUT2D eigenvalue weighted by atomic mass is 10.1. The van der Waals surface area contributed by atoms with E-state index < -0.39 is 21.7 Å². The van der Waals surface area contributed by atoms with E-state index in [0.717, 1.165) is 6.42 Å². The number of rotatable bonds is 6. The summed E-state index contributed by atoms with van der Waals surface area (Å²) in [4.78, 5) is 16.4. The molecule has 3 aromatic rings. The highest BCUT2D eigenvalue weighted by Gasteiger charge is 2.18. The van der Waals surface area contributed by atoms with Gasteiger partial charge in [-0.1, -0.05) is 18.2 Å². The molecule has 1 amide bonds. The fourth-order valence-corrected chi connectivity index (χ4v) is 4.30. The van der Waals surface area contributed by atoms with Gasteiger partial charge in [0.1, 0.15) is 23.2 Å². The van der Waals surface area contributed by atoms with Gasteiger partial charge in [0.05, 0.1) is 10.5 Å². The number of amides is 1. The Bertz CT molecular complexity index is 1310. The summed E-state index contributed by atoms with van der Waals surface area (Å²) >= 11 is 0. The summed E-state index contributed by atoms with van der Waals surface area (Å²) < 4.78 is 47.0. The first-order valence-electron chi connectivity index (χ1n) is 9.91. The number of anilines is 1. The summed E-state index contributed by atoms with van der Waals surface area (Å²) in [5.74, 6) is 0.281. The molecule has 0 aliphatic carbocycles. The van der Waals surface area contributed by atoms with E-state index in [0.29, 0.717) is 41.6 Å². The van der Waals surface area contributed by atoms with E-state index in [1.165, 1.54) is 36.4 Å². The lowest BCUT2D eigenvalue weighted by Crippen LogP contribution is -2.29. The third-order valence-electron chi connectivity index (χ3n) is 4.70. The van der Waals surface area contributed by atoms with Gasteiger partial charge in [0.2, 0.25) is 5.91 Å². The number of nitrogens with zero attached hydrogens (tertiary/aromatic N) is 1. The molecule has 2 heterocycles. The van der Waals surface area contributed by atoms with E-state index in [4.69, 9.17) is 4.42 Å². The predicted molar refractivity (Wildman–Crippen MR) is 120 cm³/mol. The number of sulfonamides is 1. The first kappa shape index (κ1) is 21.5. The number of halogens is 1. The highest BCUT2D eigenvalue weighted by Crippen LogP contribution is 2.25. The molecule has 7 nitrogen and oxygen atoms in total. The van der Waals surface area contributed by atoms with E-state index in [1.54, 1.807) is 36.4 Å². The molecular formula is C23H20FN3O4S. The van der Waals surface area contributed by atoms with Gasteiger partial charge in [-0.2, -0.15) is 0 Å². The molecule has 0 saturated carbocycles. The van der Waals surface area contributed by atoms with Gasteiger partial charge in [0.25, 0.3) is 10.0 Å². The van der Waals surface area contributed by atoms with Crippen LogP contribution < -0.4 is 10.0 Å². The van der Waals surface area contributed by atoms with Gasteiger partial charge in [0, 0.05) is 24.7 Å². The Balaban J connectivity index is 1.42. The zero-order chi connectivity index (χ0) is 22.6. The van der Waals surface area contributed by atoms with Crippen molar-refractivity contribution in [2.75, 3.05) is 11.9 Å². The van der Waals surface area contributed by atoms with Crippen molar-refractivity contribution >= 4 is 33.5 Å². The van der Waals surface area contributed by atoms with Crippen molar-refractivity contribution in [3.05, 3.63) is 78.3 Å². The van der Waals surface area contributed by atoms with E-state index in [-0.39, 0.29) is 4.90 Å². The fourth-order valence-electron chi connectivity index (χ4n) is 3.17. The van der Waals surface area contributed by atoms with Crippen molar-refractivity contribution in [3.63, 3.8) is 0 Å². The zero-order valence-corrected chi connectivity index (χ0v) is 17.7. The van der Waals surface area contributed by atoms with E-state index in [9.17, 15) is 17.6 Å². The molecule has 4 rings (SSSR count). The molecule has 0 saturated heterocycles. The van der Waals surface area contributed by atoms with Crippen LogP contribution in [0.3, 0.4) is 0 Å². The van der Waals surface area contributed by atoms with Crippen molar-refractivity contribution in [2.45, 2.75) is 17.7 Å². The maximum Gasteiger partial charge on any atom is 0.262 e. The summed E-state index contributed by atoms with van der Waals surface area (Å²) in [6.07, 6.45) is 4.10. The van der Waals surface area contributed by atoms with Crippen molar-refractivity contribution in [2.24, 2.45) is 4.99 Å². The molecule has 0 bridgehead atoms. The highest BCUT2D eigenvalue weighted by atomic mass is 32.2.